The molecule has 4 nitrogen and oxygen atoms in total. The lowest BCUT2D eigenvalue weighted by molar-refractivity contribution is 0.555. The fraction of sp³-hybridized carbons (Fsp3) is 0. The lowest BCUT2D eigenvalue weighted by atomic mass is 10.1. The Hall–Kier alpha value is -0.630. The van der Waals surface area contributed by atoms with Gasteiger partial charge in [0.1, 0.15) is 4.34 Å². The summed E-state index contributed by atoms with van der Waals surface area (Å²) in [4.78, 5) is 3.08. The van der Waals surface area contributed by atoms with Gasteiger partial charge in [0.25, 0.3) is 0 Å². The predicted octanol–water partition coefficient (Wildman–Crippen LogP) is 3.78. The fourth-order valence-electron chi connectivity index (χ4n) is 1.38. The monoisotopic (exact) mass is 322 g/mol. The van der Waals surface area contributed by atoms with Gasteiger partial charge in [0, 0.05) is 10.4 Å². The van der Waals surface area contributed by atoms with Crippen LogP contribution in [0, 0.1) is 0 Å². The first-order valence-electron chi connectivity index (χ1n) is 4.74. The molecule has 0 bridgehead atoms. The first-order chi connectivity index (χ1) is 8.58. The summed E-state index contributed by atoms with van der Waals surface area (Å²) in [5.74, 6) is 0. The topological polar surface area (TPSA) is 61.4 Å². The molecule has 0 saturated carbocycles. The summed E-state index contributed by atoms with van der Waals surface area (Å²) >= 11 is 11.0. The van der Waals surface area contributed by atoms with Gasteiger partial charge in [-0.15, -0.1) is 16.2 Å². The number of rotatable bonds is 4. The van der Waals surface area contributed by atoms with Gasteiger partial charge in [-0.05, 0) is 12.1 Å². The smallest absolute Gasteiger partial charge is 0.250 e. The van der Waals surface area contributed by atoms with Crippen molar-refractivity contribution in [2.45, 2.75) is 0 Å². The molecule has 0 aliphatic rings. The van der Waals surface area contributed by atoms with Crippen molar-refractivity contribution < 1.29 is 8.76 Å². The van der Waals surface area contributed by atoms with Crippen LogP contribution in [-0.4, -0.2) is 8.76 Å². The van der Waals surface area contributed by atoms with E-state index in [4.69, 9.17) is 27.8 Å². The molecule has 96 valence electrons. The third-order valence-electron chi connectivity index (χ3n) is 2.11. The van der Waals surface area contributed by atoms with Crippen LogP contribution in [0.2, 0.25) is 9.36 Å². The molecule has 0 amide bonds. The van der Waals surface area contributed by atoms with Crippen LogP contribution in [0.15, 0.2) is 30.3 Å². The molecule has 2 aromatic rings. The van der Waals surface area contributed by atoms with Crippen molar-refractivity contribution in [2.24, 2.45) is 0 Å². The molecule has 0 radical (unpaired) electrons. The normalized spacial score (nSPS) is 12.4. The average molecular weight is 323 g/mol. The first kappa shape index (κ1) is 13.8. The van der Waals surface area contributed by atoms with Crippen LogP contribution in [0.5, 0.6) is 0 Å². The second-order valence-electron chi connectivity index (χ2n) is 3.25. The summed E-state index contributed by atoms with van der Waals surface area (Å²) < 4.78 is 19.8. The number of halogens is 2. The third-order valence-corrected chi connectivity index (χ3v) is 4.29. The van der Waals surface area contributed by atoms with Crippen molar-refractivity contribution in [1.82, 2.24) is 4.83 Å². The van der Waals surface area contributed by atoms with Gasteiger partial charge in [-0.25, -0.2) is 4.21 Å². The second-order valence-corrected chi connectivity index (χ2v) is 6.02. The molecule has 1 aromatic carbocycles. The minimum Gasteiger partial charge on any atom is -0.308 e. The molecule has 0 spiro atoms. The quantitative estimate of drug-likeness (QED) is 0.593. The van der Waals surface area contributed by atoms with E-state index in [0.717, 1.165) is 10.4 Å². The third kappa shape index (κ3) is 3.23. The Morgan fingerprint density at radius 2 is 2.00 bits per heavy atom. The maximum Gasteiger partial charge on any atom is 0.250 e. The fourth-order valence-corrected chi connectivity index (χ4v) is 2.99. The summed E-state index contributed by atoms with van der Waals surface area (Å²) in [6, 6.07) is 9.06. The molecule has 1 atom stereocenters. The van der Waals surface area contributed by atoms with Gasteiger partial charge in [0.05, 0.1) is 10.7 Å². The zero-order valence-electron chi connectivity index (χ0n) is 8.81. The average Bonchev–Trinajstić information content (AvgIpc) is 2.67. The second kappa shape index (κ2) is 6.01. The van der Waals surface area contributed by atoms with Crippen LogP contribution in [0.25, 0.3) is 10.4 Å². The van der Waals surface area contributed by atoms with Crippen molar-refractivity contribution in [1.29, 1.82) is 0 Å². The SMILES string of the molecule is O=S(O)NNc1ccccc1-c1cc(Cl)c(Cl)s1. The minimum absolute atomic E-state index is 0.491. The van der Waals surface area contributed by atoms with E-state index in [1.54, 1.807) is 12.1 Å². The number of nitrogens with one attached hydrogen (secondary N) is 2. The highest BCUT2D eigenvalue weighted by atomic mass is 35.5. The Morgan fingerprint density at radius 1 is 1.28 bits per heavy atom. The number of hydrazine groups is 1. The van der Waals surface area contributed by atoms with E-state index in [2.05, 4.69) is 10.3 Å². The van der Waals surface area contributed by atoms with Gasteiger partial charge in [0.2, 0.25) is 11.3 Å². The molecular formula is C10H8Cl2N2O2S2. The van der Waals surface area contributed by atoms with Crippen molar-refractivity contribution in [3.8, 4) is 10.4 Å². The maximum absolute atomic E-state index is 10.6. The van der Waals surface area contributed by atoms with Crippen LogP contribution >= 0.6 is 34.5 Å². The zero-order valence-corrected chi connectivity index (χ0v) is 12.0. The standard InChI is InChI=1S/C10H8Cl2N2O2S2/c11-7-5-9(17-10(7)12)6-3-1-2-4-8(6)13-14-18(15)16/h1-5,13-14H,(H,15,16). The molecule has 0 aliphatic heterocycles. The van der Waals surface area contributed by atoms with Crippen molar-refractivity contribution in [3.63, 3.8) is 0 Å². The molecule has 0 fully saturated rings. The summed E-state index contributed by atoms with van der Waals surface area (Å²) in [5, 5.41) is 0.491. The molecule has 1 aromatic heterocycles. The summed E-state index contributed by atoms with van der Waals surface area (Å²) in [6.07, 6.45) is 0. The van der Waals surface area contributed by atoms with Crippen LogP contribution in [0.3, 0.4) is 0 Å². The van der Waals surface area contributed by atoms with E-state index in [1.807, 2.05) is 18.2 Å². The Morgan fingerprint density at radius 3 is 2.61 bits per heavy atom. The molecule has 1 unspecified atom stereocenters. The largest absolute Gasteiger partial charge is 0.308 e. The highest BCUT2D eigenvalue weighted by Crippen LogP contribution is 2.40. The lowest BCUT2D eigenvalue weighted by Gasteiger charge is -2.09. The Labute approximate surface area is 120 Å². The van der Waals surface area contributed by atoms with E-state index in [-0.39, 0.29) is 0 Å². The number of anilines is 1. The van der Waals surface area contributed by atoms with E-state index in [0.29, 0.717) is 15.0 Å². The van der Waals surface area contributed by atoms with Crippen molar-refractivity contribution in [2.75, 3.05) is 5.43 Å². The minimum atomic E-state index is -2.14. The maximum atomic E-state index is 10.6. The van der Waals surface area contributed by atoms with Gasteiger partial charge in [-0.3, -0.25) is 4.55 Å². The zero-order chi connectivity index (χ0) is 13.1. The summed E-state index contributed by atoms with van der Waals surface area (Å²) in [6.45, 7) is 0. The lowest BCUT2D eigenvalue weighted by Crippen LogP contribution is -2.23. The van der Waals surface area contributed by atoms with Crippen LogP contribution in [-0.2, 0) is 11.3 Å². The number of hydrogen-bond acceptors (Lipinski definition) is 3. The Balaban J connectivity index is 2.35. The van der Waals surface area contributed by atoms with Gasteiger partial charge < -0.3 is 5.43 Å². The molecule has 18 heavy (non-hydrogen) atoms. The summed E-state index contributed by atoms with van der Waals surface area (Å²) in [7, 11) is 0. The number of benzene rings is 1. The van der Waals surface area contributed by atoms with Gasteiger partial charge in [-0.1, -0.05) is 41.4 Å². The van der Waals surface area contributed by atoms with Crippen molar-refractivity contribution in [3.05, 3.63) is 39.7 Å². The molecule has 2 rings (SSSR count). The van der Waals surface area contributed by atoms with Gasteiger partial charge in [0.15, 0.2) is 0 Å². The van der Waals surface area contributed by atoms with E-state index >= 15 is 0 Å². The van der Waals surface area contributed by atoms with Crippen LogP contribution in [0.4, 0.5) is 5.69 Å². The molecule has 1 heterocycles. The Bertz CT molecular complexity index is 570. The molecule has 0 saturated heterocycles. The number of para-hydroxylation sites is 1. The molecule has 3 N–H and O–H groups in total. The molecular weight excluding hydrogens is 315 g/mol. The highest BCUT2D eigenvalue weighted by molar-refractivity contribution is 7.77. The summed E-state index contributed by atoms with van der Waals surface area (Å²) in [5.41, 5.74) is 4.16. The van der Waals surface area contributed by atoms with E-state index < -0.39 is 11.3 Å². The van der Waals surface area contributed by atoms with Gasteiger partial charge >= 0.3 is 0 Å². The molecule has 0 aliphatic carbocycles. The van der Waals surface area contributed by atoms with E-state index in [1.165, 1.54) is 11.3 Å². The number of hydrogen-bond donors (Lipinski definition) is 3. The van der Waals surface area contributed by atoms with Gasteiger partial charge in [-0.2, -0.15) is 0 Å². The Kier molecular flexibility index (Phi) is 4.60. The predicted molar refractivity (Wildman–Crippen MR) is 77.3 cm³/mol. The number of thiophene rings is 1. The molecule has 8 heteroatoms. The van der Waals surface area contributed by atoms with Crippen LogP contribution in [0.1, 0.15) is 0 Å². The highest BCUT2D eigenvalue weighted by Gasteiger charge is 2.10. The first-order valence-corrected chi connectivity index (χ1v) is 7.42. The van der Waals surface area contributed by atoms with E-state index in [9.17, 15) is 4.21 Å². The van der Waals surface area contributed by atoms with Crippen LogP contribution < -0.4 is 10.3 Å². The van der Waals surface area contributed by atoms with Crippen molar-refractivity contribution >= 4 is 51.5 Å².